The minimum Gasteiger partial charge on any atom is -0.507 e. The van der Waals surface area contributed by atoms with Crippen LogP contribution in [0.4, 0.5) is 18.9 Å². The first-order chi connectivity index (χ1) is 23.2. The van der Waals surface area contributed by atoms with Crippen LogP contribution in [0.15, 0.2) is 114 Å². The number of nitrogens with zero attached hydrogens (tertiary/aromatic N) is 4. The second-order valence-electron chi connectivity index (χ2n) is 11.5. The fourth-order valence-electron chi connectivity index (χ4n) is 5.75. The first-order valence-electron chi connectivity index (χ1n) is 15.3. The summed E-state index contributed by atoms with van der Waals surface area (Å²) >= 11 is 0. The van der Waals surface area contributed by atoms with Crippen LogP contribution >= 0.6 is 0 Å². The second-order valence-corrected chi connectivity index (χ2v) is 11.5. The summed E-state index contributed by atoms with van der Waals surface area (Å²) in [5, 5.41) is 11.0. The molecule has 1 N–H and O–H groups in total. The average molecular weight is 653 g/mol. The lowest BCUT2D eigenvalue weighted by Crippen LogP contribution is -2.50. The number of anilines is 1. The van der Waals surface area contributed by atoms with Gasteiger partial charge in [-0.3, -0.25) is 14.4 Å². The van der Waals surface area contributed by atoms with Crippen molar-refractivity contribution in [3.63, 3.8) is 0 Å². The first kappa shape index (κ1) is 32.1. The molecule has 8 nitrogen and oxygen atoms in total. The molecule has 1 saturated heterocycles. The zero-order valence-electron chi connectivity index (χ0n) is 25.7. The van der Waals surface area contributed by atoms with Gasteiger partial charge >= 0.3 is 0 Å². The maximum Gasteiger partial charge on any atom is 0.294 e. The number of benzene rings is 3. The molecule has 1 fully saturated rings. The SMILES string of the molecule is O=C(/C=C(/O)c1cc(Cc2cc(F)c(F)c(F)c2)cn(Cc2ccccc2)c1=O)C(=O)N1CCN(c2ccc(-n3cccc3)cc2)CC1. The molecule has 0 aliphatic carbocycles. The van der Waals surface area contributed by atoms with E-state index in [0.717, 1.165) is 35.1 Å². The Morgan fingerprint density at radius 3 is 2.02 bits per heavy atom. The highest BCUT2D eigenvalue weighted by molar-refractivity contribution is 6.41. The van der Waals surface area contributed by atoms with E-state index in [-0.39, 0.29) is 37.2 Å². The Bertz CT molecular complexity index is 2010. The van der Waals surface area contributed by atoms with Gasteiger partial charge in [0, 0.05) is 62.2 Å². The van der Waals surface area contributed by atoms with Gasteiger partial charge < -0.3 is 24.0 Å². The molecule has 1 amide bonds. The normalized spacial score (nSPS) is 13.5. The summed E-state index contributed by atoms with van der Waals surface area (Å²) < 4.78 is 44.7. The van der Waals surface area contributed by atoms with Crippen LogP contribution in [0.3, 0.4) is 0 Å². The molecule has 6 rings (SSSR count). The van der Waals surface area contributed by atoms with E-state index in [4.69, 9.17) is 0 Å². The molecule has 1 aliphatic heterocycles. The topological polar surface area (TPSA) is 87.8 Å². The van der Waals surface area contributed by atoms with Crippen LogP contribution < -0.4 is 10.5 Å². The van der Waals surface area contributed by atoms with Crippen LogP contribution in [0.25, 0.3) is 11.4 Å². The lowest BCUT2D eigenvalue weighted by atomic mass is 10.0. The number of halogens is 3. The molecule has 0 saturated carbocycles. The Morgan fingerprint density at radius 1 is 0.750 bits per heavy atom. The summed E-state index contributed by atoms with van der Waals surface area (Å²) in [6.07, 6.45) is 5.98. The molecule has 0 atom stereocenters. The number of aliphatic hydroxyl groups is 1. The minimum absolute atomic E-state index is 0.0895. The van der Waals surface area contributed by atoms with E-state index < -0.39 is 40.5 Å². The monoisotopic (exact) mass is 652 g/mol. The zero-order valence-corrected chi connectivity index (χ0v) is 25.7. The van der Waals surface area contributed by atoms with Gasteiger partial charge in [-0.05, 0) is 77.7 Å². The van der Waals surface area contributed by atoms with Crippen LogP contribution in [-0.4, -0.2) is 57.0 Å². The number of hydrogen-bond acceptors (Lipinski definition) is 5. The van der Waals surface area contributed by atoms with Gasteiger partial charge in [-0.25, -0.2) is 13.2 Å². The Balaban J connectivity index is 1.19. The number of pyridine rings is 1. The van der Waals surface area contributed by atoms with Crippen molar-refractivity contribution in [1.29, 1.82) is 0 Å². The van der Waals surface area contributed by atoms with Crippen molar-refractivity contribution in [3.05, 3.63) is 160 Å². The number of ketones is 1. The second kappa shape index (κ2) is 13.9. The van der Waals surface area contributed by atoms with E-state index in [9.17, 15) is 32.7 Å². The Kier molecular flexibility index (Phi) is 9.29. The molecule has 3 heterocycles. The molecule has 0 unspecified atom stereocenters. The van der Waals surface area contributed by atoms with Crippen molar-refractivity contribution in [2.75, 3.05) is 31.1 Å². The van der Waals surface area contributed by atoms with E-state index in [1.54, 1.807) is 24.3 Å². The van der Waals surface area contributed by atoms with Crippen molar-refractivity contribution in [3.8, 4) is 5.69 Å². The molecule has 3 aromatic carbocycles. The molecule has 11 heteroatoms. The quantitative estimate of drug-likeness (QED) is 0.0983. The third-order valence-electron chi connectivity index (χ3n) is 8.23. The maximum absolute atomic E-state index is 13.9. The predicted molar refractivity (Wildman–Crippen MR) is 176 cm³/mol. The Hall–Kier alpha value is -5.84. The molecule has 48 heavy (non-hydrogen) atoms. The van der Waals surface area contributed by atoms with Gasteiger partial charge in [0.25, 0.3) is 11.5 Å². The molecule has 1 aliphatic rings. The highest BCUT2D eigenvalue weighted by atomic mass is 19.2. The van der Waals surface area contributed by atoms with Crippen LogP contribution in [0, 0.1) is 17.5 Å². The number of piperazine rings is 1. The summed E-state index contributed by atoms with van der Waals surface area (Å²) in [4.78, 5) is 43.1. The highest BCUT2D eigenvalue weighted by Gasteiger charge is 2.26. The van der Waals surface area contributed by atoms with Gasteiger partial charge in [0.2, 0.25) is 5.78 Å². The largest absolute Gasteiger partial charge is 0.507 e. The van der Waals surface area contributed by atoms with E-state index in [1.807, 2.05) is 59.4 Å². The summed E-state index contributed by atoms with van der Waals surface area (Å²) in [6, 6.07) is 23.9. The standard InChI is InChI=1S/C37H31F3N4O4/c38-31-20-26(21-32(39)35(31)40)18-27-19-30(36(47)44(24-27)23-25-6-2-1-3-7-25)33(45)22-34(46)37(48)43-16-14-42(15-17-43)29-10-8-28(9-11-29)41-12-4-5-13-41/h1-13,19-22,24,45H,14-18,23H2/b33-22+. The molecule has 2 aromatic heterocycles. The lowest BCUT2D eigenvalue weighted by Gasteiger charge is -2.35. The van der Waals surface area contributed by atoms with Crippen molar-refractivity contribution >= 4 is 23.1 Å². The van der Waals surface area contributed by atoms with Crippen LogP contribution in [0.2, 0.25) is 0 Å². The van der Waals surface area contributed by atoms with Crippen LogP contribution in [0.5, 0.6) is 0 Å². The van der Waals surface area contributed by atoms with E-state index in [2.05, 4.69) is 4.90 Å². The van der Waals surface area contributed by atoms with Crippen molar-refractivity contribution in [1.82, 2.24) is 14.0 Å². The van der Waals surface area contributed by atoms with Gasteiger partial charge in [-0.1, -0.05) is 30.3 Å². The number of carbonyl (C=O) groups is 2. The van der Waals surface area contributed by atoms with Crippen molar-refractivity contribution in [2.24, 2.45) is 0 Å². The van der Waals surface area contributed by atoms with Gasteiger partial charge in [-0.2, -0.15) is 0 Å². The third-order valence-corrected chi connectivity index (χ3v) is 8.23. The third kappa shape index (κ3) is 7.10. The molecular formula is C37H31F3N4O4. The molecule has 0 spiro atoms. The highest BCUT2D eigenvalue weighted by Crippen LogP contribution is 2.21. The van der Waals surface area contributed by atoms with E-state index in [1.165, 1.54) is 21.7 Å². The maximum atomic E-state index is 13.9. The van der Waals surface area contributed by atoms with Crippen molar-refractivity contribution < 1.29 is 27.9 Å². The Labute approximate surface area is 274 Å². The number of aromatic nitrogens is 2. The average Bonchev–Trinajstić information content (AvgIpc) is 3.64. The molecule has 0 radical (unpaired) electrons. The summed E-state index contributed by atoms with van der Waals surface area (Å²) in [7, 11) is 0. The molecular weight excluding hydrogens is 621 g/mol. The summed E-state index contributed by atoms with van der Waals surface area (Å²) in [6.45, 7) is 1.64. The summed E-state index contributed by atoms with van der Waals surface area (Å²) in [5.41, 5.74) is 2.28. The van der Waals surface area contributed by atoms with Crippen LogP contribution in [-0.2, 0) is 22.6 Å². The predicted octanol–water partition coefficient (Wildman–Crippen LogP) is 5.51. The molecule has 5 aromatic rings. The number of rotatable bonds is 9. The number of hydrogen-bond donors (Lipinski definition) is 1. The van der Waals surface area contributed by atoms with E-state index >= 15 is 0 Å². The van der Waals surface area contributed by atoms with E-state index in [0.29, 0.717) is 18.7 Å². The minimum atomic E-state index is -1.60. The number of amides is 1. The lowest BCUT2D eigenvalue weighted by molar-refractivity contribution is -0.142. The fourth-order valence-corrected chi connectivity index (χ4v) is 5.75. The number of aliphatic hydroxyl groups excluding tert-OH is 1. The smallest absolute Gasteiger partial charge is 0.294 e. The van der Waals surface area contributed by atoms with Crippen molar-refractivity contribution in [2.45, 2.75) is 13.0 Å². The van der Waals surface area contributed by atoms with Crippen LogP contribution in [0.1, 0.15) is 22.3 Å². The number of carbonyl (C=O) groups excluding carboxylic acids is 2. The Morgan fingerprint density at radius 2 is 1.38 bits per heavy atom. The van der Waals surface area contributed by atoms with Gasteiger partial charge in [0.15, 0.2) is 17.5 Å². The van der Waals surface area contributed by atoms with Gasteiger partial charge in [-0.15, -0.1) is 0 Å². The molecule has 244 valence electrons. The molecule has 0 bridgehead atoms. The zero-order chi connectivity index (χ0) is 33.8. The fraction of sp³-hybridized carbons (Fsp3) is 0.162. The summed E-state index contributed by atoms with van der Waals surface area (Å²) in [5.74, 6) is -6.86. The van der Waals surface area contributed by atoms with Gasteiger partial charge in [0.1, 0.15) is 5.76 Å². The first-order valence-corrected chi connectivity index (χ1v) is 15.3. The van der Waals surface area contributed by atoms with Gasteiger partial charge in [0.05, 0.1) is 12.1 Å².